The Labute approximate surface area is 204 Å². The monoisotopic (exact) mass is 496 g/mol. The molecule has 1 spiro atoms. The molecule has 1 saturated carbocycles. The molecule has 0 aromatic carbocycles. The molecule has 194 valence electrons. The number of anilines is 1. The third kappa shape index (κ3) is 5.21. The topological polar surface area (TPSA) is 73.8 Å². The highest BCUT2D eigenvalue weighted by atomic mass is 19.4. The predicted octanol–water partition coefficient (Wildman–Crippen LogP) is 3.00. The van der Waals surface area contributed by atoms with Gasteiger partial charge in [-0.2, -0.15) is 13.2 Å². The first-order valence-electron chi connectivity index (χ1n) is 12.6. The van der Waals surface area contributed by atoms with Gasteiger partial charge in [0.25, 0.3) is 0 Å². The highest BCUT2D eigenvalue weighted by Gasteiger charge is 2.53. The molecule has 1 aromatic heterocycles. The van der Waals surface area contributed by atoms with Crippen molar-refractivity contribution >= 4 is 12.0 Å². The molecule has 0 unspecified atom stereocenters. The Kier molecular flexibility index (Phi) is 6.58. The number of aromatic nitrogens is 2. The summed E-state index contributed by atoms with van der Waals surface area (Å²) in [6.07, 6.45) is 1.56. The third-order valence-electron chi connectivity index (χ3n) is 8.06. The Balaban J connectivity index is 1.07. The van der Waals surface area contributed by atoms with Gasteiger partial charge in [0.15, 0.2) is 0 Å². The van der Waals surface area contributed by atoms with E-state index in [2.05, 4.69) is 20.2 Å². The molecule has 4 heterocycles. The summed E-state index contributed by atoms with van der Waals surface area (Å²) in [7, 11) is 0. The molecule has 8 nitrogen and oxygen atoms in total. The quantitative estimate of drug-likeness (QED) is 0.691. The molecule has 2 amide bonds. The SMILES string of the molecule is C[C@@H]1CN(c2ncc(C(F)(F)F)cn2)C[C@H](C)N1C(=O)NC1CC2(C1)CN(CC1CCOCC1)C2. The summed E-state index contributed by atoms with van der Waals surface area (Å²) in [6.45, 7) is 10.1. The number of hydrogen-bond acceptors (Lipinski definition) is 6. The van der Waals surface area contributed by atoms with Crippen LogP contribution in [0.5, 0.6) is 0 Å². The fourth-order valence-electron chi connectivity index (χ4n) is 6.44. The second kappa shape index (κ2) is 9.38. The average Bonchev–Trinajstić information content (AvgIpc) is 2.76. The number of urea groups is 1. The number of carbonyl (C=O) groups excluding carboxylic acids is 1. The highest BCUT2D eigenvalue weighted by molar-refractivity contribution is 5.76. The maximum absolute atomic E-state index is 13.1. The molecule has 1 aliphatic carbocycles. The van der Waals surface area contributed by atoms with Crippen molar-refractivity contribution in [2.75, 3.05) is 50.8 Å². The van der Waals surface area contributed by atoms with Gasteiger partial charge in [-0.1, -0.05) is 0 Å². The van der Waals surface area contributed by atoms with Crippen molar-refractivity contribution in [3.05, 3.63) is 18.0 Å². The number of ether oxygens (including phenoxy) is 1. The minimum Gasteiger partial charge on any atom is -0.381 e. The number of nitrogens with zero attached hydrogens (tertiary/aromatic N) is 5. The van der Waals surface area contributed by atoms with E-state index in [4.69, 9.17) is 4.74 Å². The first-order chi connectivity index (χ1) is 16.6. The maximum Gasteiger partial charge on any atom is 0.419 e. The van der Waals surface area contributed by atoms with Crippen molar-refractivity contribution in [3.8, 4) is 0 Å². The van der Waals surface area contributed by atoms with Gasteiger partial charge < -0.3 is 24.8 Å². The number of carbonyl (C=O) groups is 1. The van der Waals surface area contributed by atoms with Crippen molar-refractivity contribution in [1.29, 1.82) is 0 Å². The number of halogens is 3. The highest BCUT2D eigenvalue weighted by Crippen LogP contribution is 2.48. The van der Waals surface area contributed by atoms with Crippen LogP contribution in [0, 0.1) is 11.3 Å². The fourth-order valence-corrected chi connectivity index (χ4v) is 6.44. The Morgan fingerprint density at radius 1 is 1.11 bits per heavy atom. The number of rotatable bonds is 4. The van der Waals surface area contributed by atoms with Gasteiger partial charge >= 0.3 is 12.2 Å². The molecule has 0 radical (unpaired) electrons. The Morgan fingerprint density at radius 2 is 1.71 bits per heavy atom. The molecule has 35 heavy (non-hydrogen) atoms. The first kappa shape index (κ1) is 24.5. The van der Waals surface area contributed by atoms with E-state index in [9.17, 15) is 18.0 Å². The van der Waals surface area contributed by atoms with Gasteiger partial charge in [0, 0.05) is 76.5 Å². The summed E-state index contributed by atoms with van der Waals surface area (Å²) in [6, 6.07) is -0.0747. The van der Waals surface area contributed by atoms with Crippen LogP contribution in [-0.2, 0) is 10.9 Å². The van der Waals surface area contributed by atoms with E-state index in [-0.39, 0.29) is 30.1 Å². The number of hydrogen-bond donors (Lipinski definition) is 1. The van der Waals surface area contributed by atoms with E-state index in [1.165, 1.54) is 6.54 Å². The molecule has 5 rings (SSSR count). The zero-order valence-corrected chi connectivity index (χ0v) is 20.4. The van der Waals surface area contributed by atoms with Gasteiger partial charge in [-0.25, -0.2) is 14.8 Å². The van der Waals surface area contributed by atoms with Crippen LogP contribution in [-0.4, -0.2) is 89.9 Å². The third-order valence-corrected chi connectivity index (χ3v) is 8.06. The zero-order valence-electron chi connectivity index (χ0n) is 20.4. The van der Waals surface area contributed by atoms with Crippen LogP contribution >= 0.6 is 0 Å². The van der Waals surface area contributed by atoms with Crippen molar-refractivity contribution in [1.82, 2.24) is 25.1 Å². The fraction of sp³-hybridized carbons (Fsp3) is 0.792. The van der Waals surface area contributed by atoms with E-state index < -0.39 is 11.7 Å². The second-order valence-electron chi connectivity index (χ2n) is 11.1. The zero-order chi connectivity index (χ0) is 24.8. The van der Waals surface area contributed by atoms with E-state index in [1.54, 1.807) is 0 Å². The second-order valence-corrected chi connectivity index (χ2v) is 11.1. The number of piperazine rings is 1. The normalized spacial score (nSPS) is 28.0. The van der Waals surface area contributed by atoms with Gasteiger partial charge in [0.05, 0.1) is 5.56 Å². The molecule has 4 aliphatic rings. The van der Waals surface area contributed by atoms with E-state index >= 15 is 0 Å². The molecule has 3 aliphatic heterocycles. The molecule has 4 fully saturated rings. The summed E-state index contributed by atoms with van der Waals surface area (Å²) in [4.78, 5) is 27.2. The molecule has 3 saturated heterocycles. The summed E-state index contributed by atoms with van der Waals surface area (Å²) in [5.41, 5.74) is -0.490. The van der Waals surface area contributed by atoms with Gasteiger partial charge in [0.1, 0.15) is 0 Å². The van der Waals surface area contributed by atoms with Crippen molar-refractivity contribution in [2.24, 2.45) is 11.3 Å². The average molecular weight is 497 g/mol. The summed E-state index contributed by atoms with van der Waals surface area (Å²) >= 11 is 0. The van der Waals surface area contributed by atoms with Crippen molar-refractivity contribution in [3.63, 3.8) is 0 Å². The van der Waals surface area contributed by atoms with E-state index in [1.807, 2.05) is 23.6 Å². The van der Waals surface area contributed by atoms with Crippen molar-refractivity contribution < 1.29 is 22.7 Å². The molecule has 1 N–H and O–H groups in total. The molecular formula is C24H35F3N6O2. The summed E-state index contributed by atoms with van der Waals surface area (Å²) < 4.78 is 43.9. The van der Waals surface area contributed by atoms with Gasteiger partial charge in [-0.05, 0) is 50.9 Å². The van der Waals surface area contributed by atoms with Crippen LogP contribution < -0.4 is 10.2 Å². The Morgan fingerprint density at radius 3 is 2.29 bits per heavy atom. The number of alkyl halides is 3. The molecule has 2 atom stereocenters. The Bertz CT molecular complexity index is 882. The maximum atomic E-state index is 13.1. The number of likely N-dealkylation sites (tertiary alicyclic amines) is 1. The lowest BCUT2D eigenvalue weighted by atomic mass is 9.60. The standard InChI is InChI=1S/C24H35F3N6O2/c1-16-11-32(21-28-9-19(10-29-21)24(25,26)27)12-17(2)33(16)22(34)30-20-7-23(8-20)14-31(15-23)13-18-3-5-35-6-4-18/h9-10,16-18,20H,3-8,11-15H2,1-2H3,(H,30,34)/t16-,17+. The van der Waals surface area contributed by atoms with Crippen LogP contribution in [0.4, 0.5) is 23.9 Å². The smallest absolute Gasteiger partial charge is 0.381 e. The minimum atomic E-state index is -4.46. The molecule has 0 bridgehead atoms. The van der Waals surface area contributed by atoms with E-state index in [0.29, 0.717) is 18.5 Å². The molecule has 1 aromatic rings. The van der Waals surface area contributed by atoms with Crippen LogP contribution in [0.3, 0.4) is 0 Å². The van der Waals surface area contributed by atoms with Crippen LogP contribution in [0.15, 0.2) is 12.4 Å². The van der Waals surface area contributed by atoms with Gasteiger partial charge in [-0.3, -0.25) is 0 Å². The minimum absolute atomic E-state index is 0.0591. The first-order valence-corrected chi connectivity index (χ1v) is 12.6. The molecule has 11 heteroatoms. The summed E-state index contributed by atoms with van der Waals surface area (Å²) in [5.74, 6) is 1.01. The van der Waals surface area contributed by atoms with Crippen molar-refractivity contribution in [2.45, 2.75) is 63.8 Å². The lowest BCUT2D eigenvalue weighted by molar-refractivity contribution is -0.138. The largest absolute Gasteiger partial charge is 0.419 e. The predicted molar refractivity (Wildman–Crippen MR) is 124 cm³/mol. The van der Waals surface area contributed by atoms with Gasteiger partial charge in [-0.15, -0.1) is 0 Å². The van der Waals surface area contributed by atoms with Gasteiger partial charge in [0.2, 0.25) is 5.95 Å². The number of nitrogens with one attached hydrogen (secondary N) is 1. The number of amides is 2. The van der Waals surface area contributed by atoms with Crippen LogP contribution in [0.2, 0.25) is 0 Å². The molecular weight excluding hydrogens is 461 g/mol. The van der Waals surface area contributed by atoms with Crippen LogP contribution in [0.1, 0.15) is 45.1 Å². The Hall–Kier alpha value is -2.14. The lowest BCUT2D eigenvalue weighted by Gasteiger charge is -2.60. The lowest BCUT2D eigenvalue weighted by Crippen LogP contribution is -2.69. The van der Waals surface area contributed by atoms with E-state index in [0.717, 1.165) is 70.3 Å². The summed E-state index contributed by atoms with van der Waals surface area (Å²) in [5, 5.41) is 3.22. The van der Waals surface area contributed by atoms with Crippen LogP contribution in [0.25, 0.3) is 0 Å².